The maximum atomic E-state index is 12.6. The van der Waals surface area contributed by atoms with Gasteiger partial charge in [-0.05, 0) is 24.6 Å². The van der Waals surface area contributed by atoms with Gasteiger partial charge in [0.1, 0.15) is 5.75 Å². The Labute approximate surface area is 109 Å². The summed E-state index contributed by atoms with van der Waals surface area (Å²) in [6, 6.07) is 3.39. The first-order valence-corrected chi connectivity index (χ1v) is 6.11. The average Bonchev–Trinajstić information content (AvgIpc) is 2.88. The van der Waals surface area contributed by atoms with E-state index >= 15 is 0 Å². The standard InChI is InChI=1S/C13H16F3NO2/c14-13(15,16)11-1-2-12(10(5-11)6-17)19-8-9-3-4-18-7-9/h1-2,5,9H,3-4,6-8,17H2. The zero-order valence-electron chi connectivity index (χ0n) is 10.4. The van der Waals surface area contributed by atoms with E-state index in [1.54, 1.807) is 0 Å². The van der Waals surface area contributed by atoms with E-state index in [0.717, 1.165) is 18.6 Å². The van der Waals surface area contributed by atoms with Crippen LogP contribution in [-0.4, -0.2) is 19.8 Å². The lowest BCUT2D eigenvalue weighted by molar-refractivity contribution is -0.137. The third-order valence-corrected chi connectivity index (χ3v) is 3.11. The first-order chi connectivity index (χ1) is 9.00. The van der Waals surface area contributed by atoms with Gasteiger partial charge in [0, 0.05) is 24.6 Å². The highest BCUT2D eigenvalue weighted by Gasteiger charge is 2.31. The number of rotatable bonds is 4. The van der Waals surface area contributed by atoms with Crippen LogP contribution in [-0.2, 0) is 17.5 Å². The van der Waals surface area contributed by atoms with Crippen LogP contribution in [0.2, 0.25) is 0 Å². The third-order valence-electron chi connectivity index (χ3n) is 3.11. The van der Waals surface area contributed by atoms with Crippen LogP contribution >= 0.6 is 0 Å². The molecule has 1 aromatic rings. The van der Waals surface area contributed by atoms with Crippen molar-refractivity contribution >= 4 is 0 Å². The van der Waals surface area contributed by atoms with Gasteiger partial charge in [-0.2, -0.15) is 13.2 Å². The quantitative estimate of drug-likeness (QED) is 0.918. The molecule has 1 aliphatic heterocycles. The van der Waals surface area contributed by atoms with Gasteiger partial charge >= 0.3 is 6.18 Å². The number of halogens is 3. The zero-order valence-corrected chi connectivity index (χ0v) is 10.4. The summed E-state index contributed by atoms with van der Waals surface area (Å²) in [6.07, 6.45) is -3.44. The van der Waals surface area contributed by atoms with Crippen LogP contribution in [0.4, 0.5) is 13.2 Å². The Morgan fingerprint density at radius 3 is 2.74 bits per heavy atom. The van der Waals surface area contributed by atoms with Crippen molar-refractivity contribution in [3.05, 3.63) is 29.3 Å². The van der Waals surface area contributed by atoms with Gasteiger partial charge in [0.15, 0.2) is 0 Å². The van der Waals surface area contributed by atoms with E-state index in [1.807, 2.05) is 0 Å². The van der Waals surface area contributed by atoms with Crippen molar-refractivity contribution in [3.63, 3.8) is 0 Å². The van der Waals surface area contributed by atoms with E-state index in [0.29, 0.717) is 37.1 Å². The van der Waals surface area contributed by atoms with Gasteiger partial charge in [0.2, 0.25) is 0 Å². The molecule has 0 amide bonds. The lowest BCUT2D eigenvalue weighted by atomic mass is 10.1. The van der Waals surface area contributed by atoms with Crippen LogP contribution in [0.15, 0.2) is 18.2 Å². The Hall–Kier alpha value is -1.27. The Kier molecular flexibility index (Phi) is 4.31. The minimum Gasteiger partial charge on any atom is -0.493 e. The summed E-state index contributed by atoms with van der Waals surface area (Å²) in [6.45, 7) is 1.81. The SMILES string of the molecule is NCc1cc(C(F)(F)F)ccc1OCC1CCOC1. The monoisotopic (exact) mass is 275 g/mol. The van der Waals surface area contributed by atoms with Crippen LogP contribution in [0.25, 0.3) is 0 Å². The van der Waals surface area contributed by atoms with Gasteiger partial charge in [-0.15, -0.1) is 0 Å². The highest BCUT2D eigenvalue weighted by atomic mass is 19.4. The summed E-state index contributed by atoms with van der Waals surface area (Å²) >= 11 is 0. The summed E-state index contributed by atoms with van der Waals surface area (Å²) in [5.41, 5.74) is 5.14. The first kappa shape index (κ1) is 14.1. The predicted octanol–water partition coefficient (Wildman–Crippen LogP) is 2.58. The van der Waals surface area contributed by atoms with Crippen molar-refractivity contribution in [2.75, 3.05) is 19.8 Å². The van der Waals surface area contributed by atoms with E-state index in [-0.39, 0.29) is 6.54 Å². The van der Waals surface area contributed by atoms with Gasteiger partial charge in [0.05, 0.1) is 18.8 Å². The Morgan fingerprint density at radius 1 is 1.37 bits per heavy atom. The molecule has 0 aliphatic carbocycles. The van der Waals surface area contributed by atoms with Gasteiger partial charge in [-0.25, -0.2) is 0 Å². The van der Waals surface area contributed by atoms with Crippen LogP contribution in [0.5, 0.6) is 5.75 Å². The van der Waals surface area contributed by atoms with Gasteiger partial charge in [-0.1, -0.05) is 0 Å². The molecule has 6 heteroatoms. The molecule has 1 saturated heterocycles. The molecular formula is C13H16F3NO2. The molecule has 0 bridgehead atoms. The molecule has 19 heavy (non-hydrogen) atoms. The van der Waals surface area contributed by atoms with Crippen molar-refractivity contribution in [1.29, 1.82) is 0 Å². The molecule has 2 N–H and O–H groups in total. The second-order valence-corrected chi connectivity index (χ2v) is 4.57. The molecular weight excluding hydrogens is 259 g/mol. The molecule has 0 radical (unpaired) electrons. The number of hydrogen-bond donors (Lipinski definition) is 1. The van der Waals surface area contributed by atoms with E-state index in [4.69, 9.17) is 15.2 Å². The Balaban J connectivity index is 2.07. The molecule has 1 atom stereocenters. The zero-order chi connectivity index (χ0) is 13.9. The van der Waals surface area contributed by atoms with E-state index in [2.05, 4.69) is 0 Å². The number of hydrogen-bond acceptors (Lipinski definition) is 3. The predicted molar refractivity (Wildman–Crippen MR) is 63.8 cm³/mol. The Bertz CT molecular complexity index is 428. The fourth-order valence-electron chi connectivity index (χ4n) is 1.98. The van der Waals surface area contributed by atoms with Crippen molar-refractivity contribution in [3.8, 4) is 5.75 Å². The molecule has 1 aromatic carbocycles. The normalized spacial score (nSPS) is 19.7. The minimum atomic E-state index is -4.36. The Morgan fingerprint density at radius 2 is 2.16 bits per heavy atom. The highest BCUT2D eigenvalue weighted by Crippen LogP contribution is 2.32. The molecule has 1 aliphatic rings. The summed E-state index contributed by atoms with van der Waals surface area (Å²) in [4.78, 5) is 0. The van der Waals surface area contributed by atoms with Crippen molar-refractivity contribution in [1.82, 2.24) is 0 Å². The minimum absolute atomic E-state index is 0.0143. The molecule has 2 rings (SSSR count). The molecule has 1 unspecified atom stereocenters. The molecule has 0 saturated carbocycles. The van der Waals surface area contributed by atoms with Crippen molar-refractivity contribution in [2.24, 2.45) is 11.7 Å². The van der Waals surface area contributed by atoms with Crippen LogP contribution in [0, 0.1) is 5.92 Å². The van der Waals surface area contributed by atoms with Gasteiger partial charge < -0.3 is 15.2 Å². The molecule has 106 valence electrons. The highest BCUT2D eigenvalue weighted by molar-refractivity contribution is 5.38. The van der Waals surface area contributed by atoms with Crippen LogP contribution < -0.4 is 10.5 Å². The lowest BCUT2D eigenvalue weighted by Gasteiger charge is -2.15. The maximum Gasteiger partial charge on any atom is 0.416 e. The summed E-state index contributed by atoms with van der Waals surface area (Å²) in [5, 5.41) is 0. The fraction of sp³-hybridized carbons (Fsp3) is 0.538. The smallest absolute Gasteiger partial charge is 0.416 e. The fourth-order valence-corrected chi connectivity index (χ4v) is 1.98. The number of nitrogens with two attached hydrogens (primary N) is 1. The number of ether oxygens (including phenoxy) is 2. The van der Waals surface area contributed by atoms with Crippen molar-refractivity contribution in [2.45, 2.75) is 19.1 Å². The van der Waals surface area contributed by atoms with E-state index in [1.165, 1.54) is 6.07 Å². The summed E-state index contributed by atoms with van der Waals surface area (Å²) in [5.74, 6) is 0.718. The lowest BCUT2D eigenvalue weighted by Crippen LogP contribution is -2.14. The largest absolute Gasteiger partial charge is 0.493 e. The molecule has 0 aromatic heterocycles. The molecule has 3 nitrogen and oxygen atoms in total. The summed E-state index contributed by atoms with van der Waals surface area (Å²) in [7, 11) is 0. The molecule has 0 spiro atoms. The molecule has 1 heterocycles. The van der Waals surface area contributed by atoms with Crippen LogP contribution in [0.3, 0.4) is 0 Å². The van der Waals surface area contributed by atoms with Crippen LogP contribution in [0.1, 0.15) is 17.5 Å². The van der Waals surface area contributed by atoms with Gasteiger partial charge in [-0.3, -0.25) is 0 Å². The maximum absolute atomic E-state index is 12.6. The second kappa shape index (κ2) is 5.79. The second-order valence-electron chi connectivity index (χ2n) is 4.57. The summed E-state index contributed by atoms with van der Waals surface area (Å²) < 4.78 is 48.5. The van der Waals surface area contributed by atoms with E-state index < -0.39 is 11.7 Å². The molecule has 1 fully saturated rings. The van der Waals surface area contributed by atoms with Gasteiger partial charge in [0.25, 0.3) is 0 Å². The van der Waals surface area contributed by atoms with E-state index in [9.17, 15) is 13.2 Å². The first-order valence-electron chi connectivity index (χ1n) is 6.11. The van der Waals surface area contributed by atoms with Crippen molar-refractivity contribution < 1.29 is 22.6 Å². The number of benzene rings is 1. The third kappa shape index (κ3) is 3.61. The topological polar surface area (TPSA) is 44.5 Å². The average molecular weight is 275 g/mol. The number of alkyl halides is 3.